The molecule has 2 saturated heterocycles. The molecule has 0 aromatic heterocycles. The number of amides is 3. The molecular formula is C17H17FN2O5S2. The average molecular weight is 412 g/mol. The summed E-state index contributed by atoms with van der Waals surface area (Å²) in [7, 11) is -1.68. The van der Waals surface area contributed by atoms with Gasteiger partial charge in [-0.1, -0.05) is 12.1 Å². The van der Waals surface area contributed by atoms with Crippen molar-refractivity contribution in [1.29, 1.82) is 0 Å². The minimum Gasteiger partial charge on any atom is -0.340 e. The first-order chi connectivity index (χ1) is 12.7. The number of sulfone groups is 1. The van der Waals surface area contributed by atoms with E-state index in [1.54, 1.807) is 0 Å². The predicted molar refractivity (Wildman–Crippen MR) is 98.9 cm³/mol. The SMILES string of the molecule is CN(C(=O)CN1C(=O)S/C(=C\c2ccc(F)cc2)C1=O)C1CCS(=O)(=O)C1. The number of rotatable bonds is 4. The highest BCUT2D eigenvalue weighted by atomic mass is 32.2. The average Bonchev–Trinajstić information content (AvgIpc) is 3.10. The number of likely N-dealkylation sites (N-methyl/N-ethyl adjacent to an activating group) is 1. The number of imide groups is 1. The number of carbonyl (C=O) groups excluding carboxylic acids is 3. The summed E-state index contributed by atoms with van der Waals surface area (Å²) in [5.41, 5.74) is 0.557. The Hall–Kier alpha value is -2.20. The normalized spacial score (nSPS) is 23.3. The molecule has 144 valence electrons. The summed E-state index contributed by atoms with van der Waals surface area (Å²) in [6, 6.07) is 4.98. The summed E-state index contributed by atoms with van der Waals surface area (Å²) < 4.78 is 36.1. The molecule has 2 aliphatic rings. The van der Waals surface area contributed by atoms with Crippen LogP contribution < -0.4 is 0 Å². The first-order valence-corrected chi connectivity index (χ1v) is 10.8. The number of hydrogen-bond donors (Lipinski definition) is 0. The van der Waals surface area contributed by atoms with Gasteiger partial charge in [0, 0.05) is 13.1 Å². The molecule has 1 atom stereocenters. The van der Waals surface area contributed by atoms with E-state index in [9.17, 15) is 27.2 Å². The topological polar surface area (TPSA) is 91.8 Å². The Balaban J connectivity index is 1.68. The van der Waals surface area contributed by atoms with E-state index in [1.165, 1.54) is 42.3 Å². The van der Waals surface area contributed by atoms with Crippen molar-refractivity contribution in [1.82, 2.24) is 9.80 Å². The lowest BCUT2D eigenvalue weighted by Crippen LogP contribution is -2.45. The van der Waals surface area contributed by atoms with Crippen LogP contribution in [0.15, 0.2) is 29.2 Å². The number of thioether (sulfide) groups is 1. The van der Waals surface area contributed by atoms with Crippen molar-refractivity contribution in [2.24, 2.45) is 0 Å². The van der Waals surface area contributed by atoms with Crippen LogP contribution in [0.3, 0.4) is 0 Å². The molecule has 2 heterocycles. The van der Waals surface area contributed by atoms with Crippen LogP contribution in [-0.2, 0) is 19.4 Å². The van der Waals surface area contributed by atoms with Crippen molar-refractivity contribution >= 4 is 44.7 Å². The van der Waals surface area contributed by atoms with Crippen LogP contribution in [0.4, 0.5) is 9.18 Å². The fourth-order valence-electron chi connectivity index (χ4n) is 2.88. The number of halogens is 1. The minimum atomic E-state index is -3.15. The summed E-state index contributed by atoms with van der Waals surface area (Å²) in [5, 5.41) is -0.575. The summed E-state index contributed by atoms with van der Waals surface area (Å²) in [4.78, 5) is 39.2. The highest BCUT2D eigenvalue weighted by Gasteiger charge is 2.39. The molecule has 27 heavy (non-hydrogen) atoms. The van der Waals surface area contributed by atoms with Crippen LogP contribution >= 0.6 is 11.8 Å². The molecule has 1 unspecified atom stereocenters. The van der Waals surface area contributed by atoms with E-state index in [4.69, 9.17) is 0 Å². The largest absolute Gasteiger partial charge is 0.340 e. The maximum atomic E-state index is 13.0. The van der Waals surface area contributed by atoms with Crippen molar-refractivity contribution in [3.05, 3.63) is 40.6 Å². The fourth-order valence-corrected chi connectivity index (χ4v) is 5.49. The van der Waals surface area contributed by atoms with Gasteiger partial charge >= 0.3 is 0 Å². The lowest BCUT2D eigenvalue weighted by molar-refractivity contribution is -0.136. The molecule has 3 amide bonds. The first-order valence-electron chi connectivity index (χ1n) is 8.13. The Bertz CT molecular complexity index is 927. The number of benzene rings is 1. The lowest BCUT2D eigenvalue weighted by atomic mass is 10.2. The zero-order chi connectivity index (χ0) is 19.8. The van der Waals surface area contributed by atoms with Crippen LogP contribution in [0, 0.1) is 5.82 Å². The molecule has 0 aliphatic carbocycles. The smallest absolute Gasteiger partial charge is 0.294 e. The van der Waals surface area contributed by atoms with Gasteiger partial charge in [0.1, 0.15) is 12.4 Å². The monoisotopic (exact) mass is 412 g/mol. The van der Waals surface area contributed by atoms with Gasteiger partial charge in [0.05, 0.1) is 16.4 Å². The molecule has 1 aromatic carbocycles. The third-order valence-electron chi connectivity index (χ3n) is 4.48. The van der Waals surface area contributed by atoms with E-state index in [0.29, 0.717) is 23.7 Å². The Labute approximate surface area is 160 Å². The predicted octanol–water partition coefficient (Wildman–Crippen LogP) is 1.51. The maximum Gasteiger partial charge on any atom is 0.294 e. The highest BCUT2D eigenvalue weighted by Crippen LogP contribution is 2.32. The van der Waals surface area contributed by atoms with Crippen LogP contribution in [-0.4, -0.2) is 66.4 Å². The molecular weight excluding hydrogens is 395 g/mol. The third-order valence-corrected chi connectivity index (χ3v) is 7.14. The Morgan fingerprint density at radius 1 is 1.33 bits per heavy atom. The fraction of sp³-hybridized carbons (Fsp3) is 0.353. The van der Waals surface area contributed by atoms with Gasteiger partial charge < -0.3 is 4.90 Å². The van der Waals surface area contributed by atoms with Crippen LogP contribution in [0.1, 0.15) is 12.0 Å². The number of carbonyl (C=O) groups is 3. The molecule has 0 saturated carbocycles. The molecule has 1 aromatic rings. The summed E-state index contributed by atoms with van der Waals surface area (Å²) in [6.45, 7) is -0.446. The zero-order valence-electron chi connectivity index (χ0n) is 14.4. The molecule has 10 heteroatoms. The van der Waals surface area contributed by atoms with Crippen molar-refractivity contribution in [2.75, 3.05) is 25.1 Å². The molecule has 0 N–H and O–H groups in total. The molecule has 0 radical (unpaired) electrons. The third kappa shape index (κ3) is 4.38. The van der Waals surface area contributed by atoms with Crippen LogP contribution in [0.25, 0.3) is 6.08 Å². The molecule has 0 bridgehead atoms. The van der Waals surface area contributed by atoms with Crippen molar-refractivity contribution in [3.8, 4) is 0 Å². The zero-order valence-corrected chi connectivity index (χ0v) is 16.1. The molecule has 2 fully saturated rings. The number of nitrogens with zero attached hydrogens (tertiary/aromatic N) is 2. The van der Waals surface area contributed by atoms with Crippen molar-refractivity contribution in [3.63, 3.8) is 0 Å². The van der Waals surface area contributed by atoms with Gasteiger partial charge in [0.25, 0.3) is 11.1 Å². The molecule has 0 spiro atoms. The Kier molecular flexibility index (Phi) is 5.38. The second-order valence-corrected chi connectivity index (χ2v) is 9.60. The van der Waals surface area contributed by atoms with E-state index in [1.807, 2.05) is 0 Å². The first kappa shape index (κ1) is 19.6. The van der Waals surface area contributed by atoms with E-state index >= 15 is 0 Å². The highest BCUT2D eigenvalue weighted by molar-refractivity contribution is 8.18. The second-order valence-electron chi connectivity index (χ2n) is 6.38. The van der Waals surface area contributed by atoms with Gasteiger partial charge in [-0.05, 0) is 42.0 Å². The van der Waals surface area contributed by atoms with Gasteiger partial charge in [-0.25, -0.2) is 12.8 Å². The van der Waals surface area contributed by atoms with Crippen LogP contribution in [0.2, 0.25) is 0 Å². The van der Waals surface area contributed by atoms with E-state index < -0.39 is 45.3 Å². The van der Waals surface area contributed by atoms with E-state index in [0.717, 1.165) is 4.90 Å². The Morgan fingerprint density at radius 2 is 2.00 bits per heavy atom. The summed E-state index contributed by atoms with van der Waals surface area (Å²) >= 11 is 0.705. The van der Waals surface area contributed by atoms with Gasteiger partial charge in [-0.2, -0.15) is 0 Å². The van der Waals surface area contributed by atoms with Gasteiger partial charge in [-0.3, -0.25) is 19.3 Å². The van der Waals surface area contributed by atoms with Crippen molar-refractivity contribution < 1.29 is 27.2 Å². The summed E-state index contributed by atoms with van der Waals surface area (Å²) in [6.07, 6.45) is 1.80. The molecule has 2 aliphatic heterocycles. The quantitative estimate of drug-likeness (QED) is 0.696. The van der Waals surface area contributed by atoms with Crippen LogP contribution in [0.5, 0.6) is 0 Å². The van der Waals surface area contributed by atoms with Gasteiger partial charge in [0.15, 0.2) is 9.84 Å². The van der Waals surface area contributed by atoms with Crippen molar-refractivity contribution in [2.45, 2.75) is 12.5 Å². The molecule has 7 nitrogen and oxygen atoms in total. The van der Waals surface area contributed by atoms with Gasteiger partial charge in [0.2, 0.25) is 5.91 Å². The van der Waals surface area contributed by atoms with Gasteiger partial charge in [-0.15, -0.1) is 0 Å². The van der Waals surface area contributed by atoms with E-state index in [2.05, 4.69) is 0 Å². The molecule has 3 rings (SSSR count). The minimum absolute atomic E-state index is 0.0251. The lowest BCUT2D eigenvalue weighted by Gasteiger charge is -2.25. The van der Waals surface area contributed by atoms with E-state index in [-0.39, 0.29) is 16.4 Å². The number of hydrogen-bond acceptors (Lipinski definition) is 6. The maximum absolute atomic E-state index is 13.0. The standard InChI is InChI=1S/C17H17FN2O5S2/c1-19(13-6-7-27(24,25)10-13)15(21)9-20-16(22)14(26-17(20)23)8-11-2-4-12(18)5-3-11/h2-5,8,13H,6-7,9-10H2,1H3/b14-8-. The second kappa shape index (κ2) is 7.43. The summed E-state index contributed by atoms with van der Waals surface area (Å²) in [5.74, 6) is -1.60. The Morgan fingerprint density at radius 3 is 2.59 bits per heavy atom.